The molecule has 0 spiro atoms. The lowest BCUT2D eigenvalue weighted by atomic mass is 10.1. The smallest absolute Gasteiger partial charge is 0.193 e. The topological polar surface area (TPSA) is 25.2 Å². The summed E-state index contributed by atoms with van der Waals surface area (Å²) >= 11 is 11.1. The summed E-state index contributed by atoms with van der Waals surface area (Å²) in [7, 11) is 0. The molecule has 2 heterocycles. The lowest BCUT2D eigenvalue weighted by molar-refractivity contribution is 0.456. The average molecular weight is 335 g/mol. The van der Waals surface area contributed by atoms with Crippen molar-refractivity contribution in [3.63, 3.8) is 0 Å². The molecule has 0 bridgehead atoms. The molecule has 17 heavy (non-hydrogen) atoms. The zero-order chi connectivity index (χ0) is 12.4. The largest absolute Gasteiger partial charge is 0.448 e. The summed E-state index contributed by atoms with van der Waals surface area (Å²) in [6.07, 6.45) is 0. The van der Waals surface area contributed by atoms with E-state index in [1.54, 1.807) is 17.4 Å². The number of hydrogen-bond donors (Lipinski definition) is 1. The minimum Gasteiger partial charge on any atom is -0.448 e. The Bertz CT molecular complexity index is 489. The summed E-state index contributed by atoms with van der Waals surface area (Å²) < 4.78 is 6.66. The summed E-state index contributed by atoms with van der Waals surface area (Å²) in [6, 6.07) is 5.93. The maximum absolute atomic E-state index is 5.83. The second kappa shape index (κ2) is 5.57. The first-order chi connectivity index (χ1) is 8.11. The summed E-state index contributed by atoms with van der Waals surface area (Å²) in [5, 5.41) is 3.83. The summed E-state index contributed by atoms with van der Waals surface area (Å²) in [4.78, 5) is 1.22. The maximum Gasteiger partial charge on any atom is 0.193 e. The van der Waals surface area contributed by atoms with Gasteiger partial charge in [0, 0.05) is 4.88 Å². The number of halogens is 2. The second-order valence-corrected chi connectivity index (χ2v) is 6.51. The molecule has 92 valence electrons. The van der Waals surface area contributed by atoms with E-state index in [0.717, 1.165) is 16.1 Å². The van der Waals surface area contributed by atoms with E-state index in [1.165, 1.54) is 10.4 Å². The van der Waals surface area contributed by atoms with Gasteiger partial charge < -0.3 is 9.73 Å². The predicted octanol–water partition coefficient (Wildman–Crippen LogP) is 4.76. The highest BCUT2D eigenvalue weighted by Gasteiger charge is 2.19. The van der Waals surface area contributed by atoms with Crippen LogP contribution in [0.3, 0.4) is 0 Å². The fourth-order valence-corrected chi connectivity index (χ4v) is 3.46. The molecule has 2 rings (SSSR count). The maximum atomic E-state index is 5.83. The molecule has 0 saturated carbocycles. The van der Waals surface area contributed by atoms with Crippen LogP contribution in [0.2, 0.25) is 5.22 Å². The Morgan fingerprint density at radius 1 is 1.53 bits per heavy atom. The van der Waals surface area contributed by atoms with Crippen LogP contribution < -0.4 is 5.32 Å². The van der Waals surface area contributed by atoms with Crippen LogP contribution in [0.4, 0.5) is 0 Å². The van der Waals surface area contributed by atoms with Gasteiger partial charge in [0.25, 0.3) is 0 Å². The summed E-state index contributed by atoms with van der Waals surface area (Å²) in [5.41, 5.74) is 1.24. The molecule has 0 aliphatic heterocycles. The number of aryl methyl sites for hydroxylation is 1. The first-order valence-electron chi connectivity index (χ1n) is 5.36. The molecule has 5 heteroatoms. The molecule has 2 aromatic heterocycles. The first kappa shape index (κ1) is 13.1. The van der Waals surface area contributed by atoms with Gasteiger partial charge in [0.2, 0.25) is 0 Å². The fraction of sp³-hybridized carbons (Fsp3) is 0.333. The van der Waals surface area contributed by atoms with E-state index in [4.69, 9.17) is 16.0 Å². The molecule has 1 N–H and O–H groups in total. The van der Waals surface area contributed by atoms with Crippen molar-refractivity contribution >= 4 is 38.9 Å². The van der Waals surface area contributed by atoms with Crippen molar-refractivity contribution in [2.24, 2.45) is 0 Å². The van der Waals surface area contributed by atoms with Crippen LogP contribution >= 0.6 is 38.9 Å². The number of furan rings is 1. The van der Waals surface area contributed by atoms with Gasteiger partial charge in [-0.2, -0.15) is 0 Å². The molecular weight excluding hydrogens is 322 g/mol. The van der Waals surface area contributed by atoms with Crippen LogP contribution in [-0.4, -0.2) is 6.54 Å². The molecule has 0 aliphatic rings. The summed E-state index contributed by atoms with van der Waals surface area (Å²) in [5.74, 6) is 0.852. The number of rotatable bonds is 4. The van der Waals surface area contributed by atoms with E-state index in [0.29, 0.717) is 5.22 Å². The Morgan fingerprint density at radius 3 is 2.76 bits per heavy atom. The van der Waals surface area contributed by atoms with Crippen molar-refractivity contribution in [2.75, 3.05) is 6.54 Å². The van der Waals surface area contributed by atoms with E-state index in [-0.39, 0.29) is 6.04 Å². The third-order valence-corrected chi connectivity index (χ3v) is 4.85. The fourth-order valence-electron chi connectivity index (χ4n) is 1.65. The Kier molecular flexibility index (Phi) is 4.31. The van der Waals surface area contributed by atoms with Crippen molar-refractivity contribution in [1.82, 2.24) is 5.32 Å². The van der Waals surface area contributed by atoms with Gasteiger partial charge in [0.05, 0.1) is 3.79 Å². The Balaban J connectivity index is 2.34. The zero-order valence-corrected chi connectivity index (χ0v) is 12.7. The minimum atomic E-state index is 0.0718. The van der Waals surface area contributed by atoms with E-state index in [2.05, 4.69) is 41.2 Å². The van der Waals surface area contributed by atoms with Gasteiger partial charge in [-0.3, -0.25) is 0 Å². The van der Waals surface area contributed by atoms with Gasteiger partial charge in [-0.15, -0.1) is 11.3 Å². The van der Waals surface area contributed by atoms with Crippen LogP contribution in [-0.2, 0) is 0 Å². The van der Waals surface area contributed by atoms with Crippen LogP contribution in [0.25, 0.3) is 0 Å². The van der Waals surface area contributed by atoms with Crippen LogP contribution in [0.5, 0.6) is 0 Å². The highest BCUT2D eigenvalue weighted by atomic mass is 79.9. The molecule has 0 fully saturated rings. The Hall–Kier alpha value is -0.290. The molecule has 0 saturated heterocycles. The standard InChI is InChI=1S/C12H13BrClNOS/c1-3-15-11(8-4-5-10(14)16-8)9-6-7(2)12(13)17-9/h4-6,11,15H,3H2,1-2H3. The minimum absolute atomic E-state index is 0.0718. The van der Waals surface area contributed by atoms with Crippen LogP contribution in [0, 0.1) is 6.92 Å². The lowest BCUT2D eigenvalue weighted by Gasteiger charge is -2.13. The third kappa shape index (κ3) is 2.94. The second-order valence-electron chi connectivity index (χ2n) is 3.74. The summed E-state index contributed by atoms with van der Waals surface area (Å²) in [6.45, 7) is 5.03. The zero-order valence-electron chi connectivity index (χ0n) is 9.59. The Morgan fingerprint density at radius 2 is 2.29 bits per heavy atom. The molecule has 2 nitrogen and oxygen atoms in total. The van der Waals surface area contributed by atoms with Crippen molar-refractivity contribution in [3.05, 3.63) is 43.4 Å². The van der Waals surface area contributed by atoms with E-state index < -0.39 is 0 Å². The lowest BCUT2D eigenvalue weighted by Crippen LogP contribution is -2.20. The van der Waals surface area contributed by atoms with Crippen molar-refractivity contribution in [1.29, 1.82) is 0 Å². The quantitative estimate of drug-likeness (QED) is 0.871. The molecule has 0 amide bonds. The first-order valence-corrected chi connectivity index (χ1v) is 7.35. The molecule has 0 aliphatic carbocycles. The van der Waals surface area contributed by atoms with Gasteiger partial charge in [-0.1, -0.05) is 6.92 Å². The van der Waals surface area contributed by atoms with Crippen molar-refractivity contribution < 1.29 is 4.42 Å². The Labute approximate surface area is 118 Å². The van der Waals surface area contributed by atoms with Gasteiger partial charge in [0.15, 0.2) is 5.22 Å². The number of hydrogen-bond acceptors (Lipinski definition) is 3. The van der Waals surface area contributed by atoms with Crippen molar-refractivity contribution in [3.8, 4) is 0 Å². The monoisotopic (exact) mass is 333 g/mol. The average Bonchev–Trinajstić information content (AvgIpc) is 2.83. The highest BCUT2D eigenvalue weighted by molar-refractivity contribution is 9.11. The van der Waals surface area contributed by atoms with Gasteiger partial charge >= 0.3 is 0 Å². The van der Waals surface area contributed by atoms with Gasteiger partial charge in [-0.05, 0) is 64.8 Å². The van der Waals surface area contributed by atoms with Gasteiger partial charge in [-0.25, -0.2) is 0 Å². The van der Waals surface area contributed by atoms with Crippen LogP contribution in [0.1, 0.15) is 29.2 Å². The molecule has 0 radical (unpaired) electrons. The molecular formula is C12H13BrClNOS. The predicted molar refractivity (Wildman–Crippen MR) is 76.0 cm³/mol. The molecule has 1 atom stereocenters. The number of thiophene rings is 1. The SMILES string of the molecule is CCNC(c1ccc(Cl)o1)c1cc(C)c(Br)s1. The molecule has 2 aromatic rings. The molecule has 0 aromatic carbocycles. The highest BCUT2D eigenvalue weighted by Crippen LogP contribution is 2.35. The van der Waals surface area contributed by atoms with Crippen LogP contribution in [0.15, 0.2) is 26.4 Å². The van der Waals surface area contributed by atoms with Crippen molar-refractivity contribution in [2.45, 2.75) is 19.9 Å². The number of nitrogens with one attached hydrogen (secondary N) is 1. The van der Waals surface area contributed by atoms with Gasteiger partial charge in [0.1, 0.15) is 11.8 Å². The third-order valence-electron chi connectivity index (χ3n) is 2.45. The van der Waals surface area contributed by atoms with E-state index >= 15 is 0 Å². The molecule has 1 unspecified atom stereocenters. The normalized spacial score (nSPS) is 12.9. The van der Waals surface area contributed by atoms with E-state index in [1.807, 2.05) is 6.07 Å². The van der Waals surface area contributed by atoms with E-state index in [9.17, 15) is 0 Å².